The molecule has 1 fully saturated rings. The Balaban J connectivity index is 1.71. The van der Waals surface area contributed by atoms with E-state index in [0.29, 0.717) is 0 Å². The van der Waals surface area contributed by atoms with Crippen molar-refractivity contribution in [1.29, 1.82) is 0 Å². The molecule has 18 heavy (non-hydrogen) atoms. The van der Waals surface area contributed by atoms with Gasteiger partial charge >= 0.3 is 0 Å². The largest absolute Gasteiger partial charge is 0.300 e. The van der Waals surface area contributed by atoms with Crippen LogP contribution in [0.5, 0.6) is 0 Å². The van der Waals surface area contributed by atoms with Gasteiger partial charge in [-0.25, -0.2) is 0 Å². The summed E-state index contributed by atoms with van der Waals surface area (Å²) in [5, 5.41) is 0. The Morgan fingerprint density at radius 3 is 3.00 bits per heavy atom. The van der Waals surface area contributed by atoms with Gasteiger partial charge in [0.2, 0.25) is 0 Å². The zero-order valence-electron chi connectivity index (χ0n) is 11.4. The highest BCUT2D eigenvalue weighted by atomic mass is 32.2. The maximum absolute atomic E-state index is 2.72. The average molecular weight is 261 g/mol. The van der Waals surface area contributed by atoms with E-state index in [2.05, 4.69) is 43.0 Å². The lowest BCUT2D eigenvalue weighted by molar-refractivity contribution is 0.109. The van der Waals surface area contributed by atoms with E-state index in [4.69, 9.17) is 0 Å². The normalized spacial score (nSPS) is 32.4. The van der Waals surface area contributed by atoms with Crippen molar-refractivity contribution in [2.75, 3.05) is 18.8 Å². The fourth-order valence-corrected chi connectivity index (χ4v) is 4.58. The van der Waals surface area contributed by atoms with Gasteiger partial charge < -0.3 is 0 Å². The lowest BCUT2D eigenvalue weighted by Gasteiger charge is -2.39. The monoisotopic (exact) mass is 261 g/mol. The van der Waals surface area contributed by atoms with Gasteiger partial charge in [-0.3, -0.25) is 4.90 Å². The summed E-state index contributed by atoms with van der Waals surface area (Å²) in [6.07, 6.45) is 2.79. The Hall–Kier alpha value is -0.470. The molecule has 1 saturated heterocycles. The minimum atomic E-state index is 0.749. The van der Waals surface area contributed by atoms with Crippen LogP contribution < -0.4 is 0 Å². The summed E-state index contributed by atoms with van der Waals surface area (Å²) < 4.78 is 0. The van der Waals surface area contributed by atoms with Crippen molar-refractivity contribution in [3.8, 4) is 0 Å². The van der Waals surface area contributed by atoms with Crippen molar-refractivity contribution >= 4 is 11.8 Å². The summed E-state index contributed by atoms with van der Waals surface area (Å²) >= 11 is 2.04. The fraction of sp³-hybridized carbons (Fsp3) is 0.625. The molecular weight excluding hydrogens is 238 g/mol. The molecule has 0 saturated carbocycles. The van der Waals surface area contributed by atoms with Crippen LogP contribution in [0.4, 0.5) is 0 Å². The fourth-order valence-electron chi connectivity index (χ4n) is 3.34. The van der Waals surface area contributed by atoms with Crippen LogP contribution in [-0.4, -0.2) is 29.8 Å². The first-order valence-electron chi connectivity index (χ1n) is 7.21. The van der Waals surface area contributed by atoms with Crippen LogP contribution in [0.1, 0.15) is 38.2 Å². The molecule has 2 aliphatic heterocycles. The second-order valence-electron chi connectivity index (χ2n) is 5.90. The highest BCUT2D eigenvalue weighted by molar-refractivity contribution is 7.99. The number of likely N-dealkylation sites (tertiary alicyclic amines) is 1. The molecule has 2 heteroatoms. The Morgan fingerprint density at radius 2 is 2.11 bits per heavy atom. The quantitative estimate of drug-likeness (QED) is 0.792. The highest BCUT2D eigenvalue weighted by Crippen LogP contribution is 2.40. The van der Waals surface area contributed by atoms with Gasteiger partial charge in [-0.1, -0.05) is 25.1 Å². The number of benzene rings is 1. The molecule has 1 nitrogen and oxygen atoms in total. The van der Waals surface area contributed by atoms with E-state index < -0.39 is 0 Å². The summed E-state index contributed by atoms with van der Waals surface area (Å²) in [6, 6.07) is 9.73. The third kappa shape index (κ3) is 2.33. The van der Waals surface area contributed by atoms with Crippen molar-refractivity contribution in [2.24, 2.45) is 5.92 Å². The summed E-state index contributed by atoms with van der Waals surface area (Å²) in [5.74, 6) is 2.89. The van der Waals surface area contributed by atoms with Gasteiger partial charge in [-0.2, -0.15) is 0 Å². The molecule has 2 heterocycles. The van der Waals surface area contributed by atoms with Crippen molar-refractivity contribution in [2.45, 2.75) is 43.5 Å². The molecule has 3 rings (SSSR count). The van der Waals surface area contributed by atoms with Crippen LogP contribution in [0, 0.1) is 5.92 Å². The number of piperidine rings is 1. The Morgan fingerprint density at radius 1 is 1.28 bits per heavy atom. The summed E-state index contributed by atoms with van der Waals surface area (Å²) in [4.78, 5) is 4.24. The lowest BCUT2D eigenvalue weighted by Crippen LogP contribution is -2.44. The first kappa shape index (κ1) is 12.6. The molecule has 0 aromatic heterocycles. The molecule has 3 unspecified atom stereocenters. The van der Waals surface area contributed by atoms with Crippen LogP contribution in [0.2, 0.25) is 0 Å². The minimum absolute atomic E-state index is 0.749. The van der Waals surface area contributed by atoms with Gasteiger partial charge in [0.25, 0.3) is 0 Å². The lowest BCUT2D eigenvalue weighted by atomic mass is 9.90. The Labute approximate surface area is 115 Å². The molecule has 3 atom stereocenters. The average Bonchev–Trinajstić information content (AvgIpc) is 2.79. The molecule has 0 radical (unpaired) electrons. The molecule has 1 aromatic rings. The van der Waals surface area contributed by atoms with Crippen LogP contribution in [-0.2, 0) is 0 Å². The van der Waals surface area contributed by atoms with E-state index in [0.717, 1.165) is 17.9 Å². The van der Waals surface area contributed by atoms with Gasteiger partial charge in [0.1, 0.15) is 0 Å². The molecule has 0 amide bonds. The van der Waals surface area contributed by atoms with Gasteiger partial charge in [0, 0.05) is 29.2 Å². The van der Waals surface area contributed by atoms with Crippen molar-refractivity contribution in [3.63, 3.8) is 0 Å². The highest BCUT2D eigenvalue weighted by Gasteiger charge is 2.30. The predicted molar refractivity (Wildman–Crippen MR) is 79.3 cm³/mol. The third-order valence-electron chi connectivity index (χ3n) is 4.76. The minimum Gasteiger partial charge on any atom is -0.300 e. The van der Waals surface area contributed by atoms with E-state index >= 15 is 0 Å². The number of fused-ring (bicyclic) bond motifs is 1. The molecule has 0 N–H and O–H groups in total. The SMILES string of the molecule is CC1CCCN(CC2CSc3ccccc32)C1C. The van der Waals surface area contributed by atoms with E-state index in [9.17, 15) is 0 Å². The number of hydrogen-bond donors (Lipinski definition) is 0. The smallest absolute Gasteiger partial charge is 0.0108 e. The van der Waals surface area contributed by atoms with Crippen molar-refractivity contribution < 1.29 is 0 Å². The Kier molecular flexibility index (Phi) is 3.67. The standard InChI is InChI=1S/C16H23NS/c1-12-6-5-9-17(13(12)2)10-14-11-18-16-8-4-3-7-15(14)16/h3-4,7-8,12-14H,5-6,9-11H2,1-2H3. The summed E-state index contributed by atoms with van der Waals surface area (Å²) in [7, 11) is 0. The predicted octanol–water partition coefficient (Wildman–Crippen LogP) is 4.00. The maximum Gasteiger partial charge on any atom is 0.0108 e. The van der Waals surface area contributed by atoms with Gasteiger partial charge in [-0.05, 0) is 43.9 Å². The summed E-state index contributed by atoms with van der Waals surface area (Å²) in [6.45, 7) is 7.39. The first-order chi connectivity index (χ1) is 8.75. The first-order valence-corrected chi connectivity index (χ1v) is 8.20. The van der Waals surface area contributed by atoms with E-state index in [1.807, 2.05) is 11.8 Å². The summed E-state index contributed by atoms with van der Waals surface area (Å²) in [5.41, 5.74) is 1.59. The molecular formula is C16H23NS. The number of rotatable bonds is 2. The van der Waals surface area contributed by atoms with E-state index in [-0.39, 0.29) is 0 Å². The van der Waals surface area contributed by atoms with Crippen LogP contribution in [0.15, 0.2) is 29.2 Å². The second kappa shape index (κ2) is 5.26. The van der Waals surface area contributed by atoms with Gasteiger partial charge in [0.15, 0.2) is 0 Å². The number of hydrogen-bond acceptors (Lipinski definition) is 2. The zero-order valence-corrected chi connectivity index (χ0v) is 12.2. The number of thioether (sulfide) groups is 1. The molecule has 98 valence electrons. The third-order valence-corrected chi connectivity index (χ3v) is 6.01. The topological polar surface area (TPSA) is 3.24 Å². The molecule has 2 aliphatic rings. The number of nitrogens with zero attached hydrogens (tertiary/aromatic N) is 1. The van der Waals surface area contributed by atoms with Crippen LogP contribution >= 0.6 is 11.8 Å². The molecule has 0 spiro atoms. The van der Waals surface area contributed by atoms with Gasteiger partial charge in [0.05, 0.1) is 0 Å². The molecule has 0 aliphatic carbocycles. The maximum atomic E-state index is 2.72. The van der Waals surface area contributed by atoms with Crippen LogP contribution in [0.3, 0.4) is 0 Å². The zero-order chi connectivity index (χ0) is 12.5. The van der Waals surface area contributed by atoms with E-state index in [1.54, 1.807) is 5.56 Å². The van der Waals surface area contributed by atoms with Gasteiger partial charge in [-0.15, -0.1) is 11.8 Å². The van der Waals surface area contributed by atoms with Crippen LogP contribution in [0.25, 0.3) is 0 Å². The van der Waals surface area contributed by atoms with Crippen molar-refractivity contribution in [1.82, 2.24) is 4.90 Å². The molecule has 1 aromatic carbocycles. The van der Waals surface area contributed by atoms with Crippen molar-refractivity contribution in [3.05, 3.63) is 29.8 Å². The van der Waals surface area contributed by atoms with E-state index in [1.165, 1.54) is 36.6 Å². The Bertz CT molecular complexity index is 417. The molecule has 0 bridgehead atoms. The second-order valence-corrected chi connectivity index (χ2v) is 6.96.